The lowest BCUT2D eigenvalue weighted by Gasteiger charge is -2.22. The number of hydrogen-bond donors (Lipinski definition) is 0. The molecule has 0 radical (unpaired) electrons. The van der Waals surface area contributed by atoms with Crippen molar-refractivity contribution in [3.63, 3.8) is 0 Å². The van der Waals surface area contributed by atoms with E-state index in [2.05, 4.69) is 75.5 Å². The molecule has 0 aromatic heterocycles. The summed E-state index contributed by atoms with van der Waals surface area (Å²) in [6, 6.07) is 17.8. The predicted octanol–water partition coefficient (Wildman–Crippen LogP) is 6.43. The van der Waals surface area contributed by atoms with Gasteiger partial charge in [-0.25, -0.2) is 0 Å². The van der Waals surface area contributed by atoms with Crippen LogP contribution in [0.15, 0.2) is 61.7 Å². The molecule has 0 saturated carbocycles. The summed E-state index contributed by atoms with van der Waals surface area (Å²) in [6.07, 6.45) is 3.84. The minimum Gasteiger partial charge on any atom is -0.0984 e. The third-order valence-corrected chi connectivity index (χ3v) is 5.19. The third kappa shape index (κ3) is 1.85. The molecule has 3 aromatic carbocycles. The van der Waals surface area contributed by atoms with Crippen molar-refractivity contribution in [1.82, 2.24) is 0 Å². The number of hydrogen-bond acceptors (Lipinski definition) is 0. The Hall–Kier alpha value is -2.60. The van der Waals surface area contributed by atoms with Crippen LogP contribution in [0.5, 0.6) is 0 Å². The van der Waals surface area contributed by atoms with Crippen molar-refractivity contribution in [3.05, 3.63) is 83.9 Å². The Labute approximate surface area is 137 Å². The van der Waals surface area contributed by atoms with Crippen LogP contribution in [0.3, 0.4) is 0 Å². The van der Waals surface area contributed by atoms with Gasteiger partial charge in [0.1, 0.15) is 0 Å². The lowest BCUT2D eigenvalue weighted by atomic mass is 9.81. The lowest BCUT2D eigenvalue weighted by Crippen LogP contribution is -2.15. The van der Waals surface area contributed by atoms with Crippen LogP contribution in [0, 0.1) is 0 Å². The van der Waals surface area contributed by atoms with Crippen molar-refractivity contribution >= 4 is 22.9 Å². The van der Waals surface area contributed by atoms with E-state index in [1.807, 2.05) is 12.2 Å². The zero-order valence-electron chi connectivity index (χ0n) is 13.7. The van der Waals surface area contributed by atoms with Crippen molar-refractivity contribution in [1.29, 1.82) is 0 Å². The molecule has 0 heterocycles. The van der Waals surface area contributed by atoms with Crippen LogP contribution in [0.4, 0.5) is 0 Å². The van der Waals surface area contributed by atoms with Crippen molar-refractivity contribution < 1.29 is 0 Å². The van der Waals surface area contributed by atoms with Gasteiger partial charge in [-0.15, -0.1) is 0 Å². The van der Waals surface area contributed by atoms with Crippen molar-refractivity contribution in [2.75, 3.05) is 0 Å². The van der Waals surface area contributed by atoms with Gasteiger partial charge in [0.2, 0.25) is 0 Å². The Balaban J connectivity index is 2.11. The summed E-state index contributed by atoms with van der Waals surface area (Å²) < 4.78 is 0. The molecule has 3 aromatic rings. The first-order valence-electron chi connectivity index (χ1n) is 8.03. The zero-order valence-corrected chi connectivity index (χ0v) is 13.7. The van der Waals surface area contributed by atoms with Gasteiger partial charge in [-0.1, -0.05) is 63.4 Å². The standard InChI is InChI=1S/C23H20/c1-5-15-11-19-20-12-17-9-7-8-10-18(17)14-22(20)23(3,4)21(19)13-16(15)6-2/h5-14H,1-2H2,3-4H3. The average molecular weight is 296 g/mol. The Bertz CT molecular complexity index is 971. The highest BCUT2D eigenvalue weighted by atomic mass is 14.4. The van der Waals surface area contributed by atoms with Gasteiger partial charge in [-0.3, -0.25) is 0 Å². The second kappa shape index (κ2) is 4.70. The van der Waals surface area contributed by atoms with Gasteiger partial charge in [0.15, 0.2) is 0 Å². The highest BCUT2D eigenvalue weighted by Gasteiger charge is 2.36. The minimum atomic E-state index is 0.00611. The van der Waals surface area contributed by atoms with Crippen molar-refractivity contribution in [2.45, 2.75) is 19.3 Å². The molecule has 0 heteroatoms. The molecule has 0 saturated heterocycles. The number of benzene rings is 3. The first kappa shape index (κ1) is 14.0. The van der Waals surface area contributed by atoms with Gasteiger partial charge >= 0.3 is 0 Å². The summed E-state index contributed by atoms with van der Waals surface area (Å²) >= 11 is 0. The molecule has 0 nitrogen and oxygen atoms in total. The molecule has 0 unspecified atom stereocenters. The van der Waals surface area contributed by atoms with Gasteiger partial charge in [0, 0.05) is 5.41 Å². The predicted molar refractivity (Wildman–Crippen MR) is 102 cm³/mol. The number of rotatable bonds is 2. The number of fused-ring (bicyclic) bond motifs is 4. The molecule has 0 fully saturated rings. The second-order valence-electron chi connectivity index (χ2n) is 6.80. The average Bonchev–Trinajstić information content (AvgIpc) is 2.79. The first-order valence-corrected chi connectivity index (χ1v) is 8.03. The summed E-state index contributed by atoms with van der Waals surface area (Å²) in [5.74, 6) is 0. The monoisotopic (exact) mass is 296 g/mol. The largest absolute Gasteiger partial charge is 0.0984 e. The van der Waals surface area contributed by atoms with Crippen LogP contribution in [-0.2, 0) is 5.41 Å². The summed E-state index contributed by atoms with van der Waals surface area (Å²) in [4.78, 5) is 0. The van der Waals surface area contributed by atoms with Gasteiger partial charge in [0.25, 0.3) is 0 Å². The molecule has 0 spiro atoms. The Morgan fingerprint density at radius 1 is 0.739 bits per heavy atom. The van der Waals surface area contributed by atoms with Crippen molar-refractivity contribution in [2.24, 2.45) is 0 Å². The molecular formula is C23H20. The van der Waals surface area contributed by atoms with Crippen LogP contribution < -0.4 is 0 Å². The maximum Gasteiger partial charge on any atom is 0.0159 e. The molecule has 112 valence electrons. The van der Waals surface area contributed by atoms with E-state index in [1.54, 1.807) is 0 Å². The fourth-order valence-corrected chi connectivity index (χ4v) is 3.85. The van der Waals surface area contributed by atoms with E-state index in [1.165, 1.54) is 33.0 Å². The van der Waals surface area contributed by atoms with Crippen LogP contribution in [0.2, 0.25) is 0 Å². The fourth-order valence-electron chi connectivity index (χ4n) is 3.85. The van der Waals surface area contributed by atoms with Crippen LogP contribution in [-0.4, -0.2) is 0 Å². The highest BCUT2D eigenvalue weighted by Crippen LogP contribution is 2.50. The quantitative estimate of drug-likeness (QED) is 0.511. The molecule has 0 atom stereocenters. The topological polar surface area (TPSA) is 0 Å². The molecule has 0 N–H and O–H groups in total. The fraction of sp³-hybridized carbons (Fsp3) is 0.130. The summed E-state index contributed by atoms with van der Waals surface area (Å²) in [6.45, 7) is 12.5. The molecule has 1 aliphatic rings. The molecule has 0 amide bonds. The Morgan fingerprint density at radius 3 is 1.91 bits per heavy atom. The first-order chi connectivity index (χ1) is 11.1. The van der Waals surface area contributed by atoms with Crippen molar-refractivity contribution in [3.8, 4) is 11.1 Å². The van der Waals surface area contributed by atoms with Crippen LogP contribution in [0.25, 0.3) is 34.1 Å². The van der Waals surface area contributed by atoms with Gasteiger partial charge in [0.05, 0.1) is 0 Å². The van der Waals surface area contributed by atoms with E-state index in [0.29, 0.717) is 0 Å². The maximum absolute atomic E-state index is 3.96. The van der Waals surface area contributed by atoms with E-state index in [9.17, 15) is 0 Å². The van der Waals surface area contributed by atoms with E-state index >= 15 is 0 Å². The highest BCUT2D eigenvalue weighted by molar-refractivity contribution is 5.94. The molecule has 1 aliphatic carbocycles. The minimum absolute atomic E-state index is 0.00611. The normalized spacial score (nSPS) is 14.3. The lowest BCUT2D eigenvalue weighted by molar-refractivity contribution is 0.661. The molecule has 23 heavy (non-hydrogen) atoms. The van der Waals surface area contributed by atoms with Gasteiger partial charge in [-0.05, 0) is 68.4 Å². The summed E-state index contributed by atoms with van der Waals surface area (Å²) in [5.41, 5.74) is 7.77. The summed E-state index contributed by atoms with van der Waals surface area (Å²) in [7, 11) is 0. The second-order valence-corrected chi connectivity index (χ2v) is 6.80. The van der Waals surface area contributed by atoms with E-state index < -0.39 is 0 Å². The zero-order chi connectivity index (χ0) is 16.2. The molecule has 0 bridgehead atoms. The van der Waals surface area contributed by atoms with Gasteiger partial charge in [-0.2, -0.15) is 0 Å². The van der Waals surface area contributed by atoms with Gasteiger partial charge < -0.3 is 0 Å². The molecule has 0 aliphatic heterocycles. The van der Waals surface area contributed by atoms with E-state index in [-0.39, 0.29) is 5.41 Å². The van der Waals surface area contributed by atoms with E-state index in [0.717, 1.165) is 11.1 Å². The Morgan fingerprint density at radius 2 is 1.26 bits per heavy atom. The smallest absolute Gasteiger partial charge is 0.0159 e. The SMILES string of the molecule is C=Cc1cc2c(cc1C=C)C(C)(C)c1cc3ccccc3cc1-2. The molecule has 4 rings (SSSR count). The van der Waals surface area contributed by atoms with Crippen LogP contribution >= 0.6 is 0 Å². The maximum atomic E-state index is 3.96. The third-order valence-electron chi connectivity index (χ3n) is 5.19. The summed E-state index contributed by atoms with van der Waals surface area (Å²) in [5, 5.41) is 2.60. The van der Waals surface area contributed by atoms with E-state index in [4.69, 9.17) is 0 Å². The van der Waals surface area contributed by atoms with Crippen LogP contribution in [0.1, 0.15) is 36.1 Å². The molecular weight excluding hydrogens is 276 g/mol. The Kier molecular flexibility index (Phi) is 2.86.